The highest BCUT2D eigenvalue weighted by Gasteiger charge is 2.33. The third-order valence-corrected chi connectivity index (χ3v) is 8.85. The summed E-state index contributed by atoms with van der Waals surface area (Å²) in [5.41, 5.74) is 4.02. The number of benzene rings is 3. The van der Waals surface area contributed by atoms with Gasteiger partial charge in [-0.05, 0) is 61.9 Å². The average molecular weight is 443 g/mol. The molecule has 4 aromatic rings. The predicted octanol–water partition coefficient (Wildman–Crippen LogP) is 5.71. The molecule has 0 aliphatic carbocycles. The van der Waals surface area contributed by atoms with Gasteiger partial charge in [-0.25, -0.2) is 8.42 Å². The smallest absolute Gasteiger partial charge is 0.223 e. The van der Waals surface area contributed by atoms with Crippen LogP contribution in [0.4, 0.5) is 0 Å². The number of nitrogens with zero attached hydrogens (tertiary/aromatic N) is 1. The highest BCUT2D eigenvalue weighted by molar-refractivity contribution is 7.91. The van der Waals surface area contributed by atoms with Crippen molar-refractivity contribution in [2.45, 2.75) is 42.1 Å². The van der Waals surface area contributed by atoms with Gasteiger partial charge in [-0.3, -0.25) is 4.90 Å². The fourth-order valence-corrected chi connectivity index (χ4v) is 7.18. The molecular formula is C27H26N2O2S. The summed E-state index contributed by atoms with van der Waals surface area (Å²) < 4.78 is 28.2. The van der Waals surface area contributed by atoms with Crippen LogP contribution in [0.3, 0.4) is 0 Å². The quantitative estimate of drug-likeness (QED) is 0.442. The van der Waals surface area contributed by atoms with Crippen molar-refractivity contribution in [3.63, 3.8) is 0 Å². The highest BCUT2D eigenvalue weighted by atomic mass is 32.2. The molecule has 0 bridgehead atoms. The molecule has 32 heavy (non-hydrogen) atoms. The Morgan fingerprint density at radius 2 is 1.84 bits per heavy atom. The van der Waals surface area contributed by atoms with Crippen LogP contribution in [0.1, 0.15) is 30.4 Å². The SMILES string of the molecule is Cc1ccc2[nH]c(S(=O)(=O)c3cccc4ccccc34)c(C3=CCN4CCCC4C3)c2c1. The van der Waals surface area contributed by atoms with Crippen molar-refractivity contribution >= 4 is 37.1 Å². The van der Waals surface area contributed by atoms with Crippen molar-refractivity contribution in [2.75, 3.05) is 13.1 Å². The minimum Gasteiger partial charge on any atom is -0.345 e. The number of hydrogen-bond acceptors (Lipinski definition) is 3. The molecule has 1 fully saturated rings. The maximum Gasteiger partial charge on any atom is 0.223 e. The van der Waals surface area contributed by atoms with E-state index in [1.54, 1.807) is 6.07 Å². The minimum absolute atomic E-state index is 0.326. The van der Waals surface area contributed by atoms with E-state index < -0.39 is 9.84 Å². The summed E-state index contributed by atoms with van der Waals surface area (Å²) in [5.74, 6) is 0. The minimum atomic E-state index is -3.75. The van der Waals surface area contributed by atoms with Gasteiger partial charge in [-0.15, -0.1) is 0 Å². The summed E-state index contributed by atoms with van der Waals surface area (Å²) in [6, 6.07) is 19.9. The maximum atomic E-state index is 14.1. The lowest BCUT2D eigenvalue weighted by molar-refractivity contribution is 0.275. The zero-order chi connectivity index (χ0) is 21.9. The zero-order valence-electron chi connectivity index (χ0n) is 18.1. The topological polar surface area (TPSA) is 53.2 Å². The monoisotopic (exact) mass is 442 g/mol. The van der Waals surface area contributed by atoms with Crippen LogP contribution in [-0.2, 0) is 9.84 Å². The number of rotatable bonds is 3. The molecule has 1 unspecified atom stereocenters. The summed E-state index contributed by atoms with van der Waals surface area (Å²) in [6.07, 6.45) is 5.55. The van der Waals surface area contributed by atoms with Gasteiger partial charge in [0, 0.05) is 34.4 Å². The van der Waals surface area contributed by atoms with Crippen molar-refractivity contribution in [1.82, 2.24) is 9.88 Å². The first-order valence-corrected chi connectivity index (χ1v) is 12.8. The van der Waals surface area contributed by atoms with Crippen molar-refractivity contribution in [3.8, 4) is 0 Å². The van der Waals surface area contributed by atoms with Crippen molar-refractivity contribution in [2.24, 2.45) is 0 Å². The average Bonchev–Trinajstić information content (AvgIpc) is 3.42. The second-order valence-electron chi connectivity index (χ2n) is 9.08. The van der Waals surface area contributed by atoms with Crippen LogP contribution in [0.15, 0.2) is 76.7 Å². The molecule has 6 rings (SSSR count). The predicted molar refractivity (Wildman–Crippen MR) is 130 cm³/mol. The summed E-state index contributed by atoms with van der Waals surface area (Å²) in [5, 5.41) is 3.02. The van der Waals surface area contributed by atoms with Gasteiger partial charge in [-0.1, -0.05) is 54.1 Å². The lowest BCUT2D eigenvalue weighted by atomic mass is 9.93. The molecule has 162 valence electrons. The van der Waals surface area contributed by atoms with Gasteiger partial charge >= 0.3 is 0 Å². The molecule has 5 heteroatoms. The van der Waals surface area contributed by atoms with Crippen LogP contribution in [0, 0.1) is 6.92 Å². The Morgan fingerprint density at radius 1 is 1.00 bits per heavy atom. The van der Waals surface area contributed by atoms with Gasteiger partial charge in [0.25, 0.3) is 0 Å². The number of fused-ring (bicyclic) bond motifs is 3. The molecule has 1 aromatic heterocycles. The van der Waals surface area contributed by atoms with Crippen LogP contribution in [0.25, 0.3) is 27.2 Å². The third kappa shape index (κ3) is 3.03. The van der Waals surface area contributed by atoms with Crippen LogP contribution >= 0.6 is 0 Å². The lowest BCUT2D eigenvalue weighted by Crippen LogP contribution is -2.33. The largest absolute Gasteiger partial charge is 0.345 e. The molecule has 1 saturated heterocycles. The van der Waals surface area contributed by atoms with Crippen LogP contribution in [-0.4, -0.2) is 37.4 Å². The van der Waals surface area contributed by atoms with Gasteiger partial charge < -0.3 is 4.98 Å². The Bertz CT molecular complexity index is 1490. The van der Waals surface area contributed by atoms with Gasteiger partial charge in [-0.2, -0.15) is 0 Å². The number of sulfone groups is 1. The first-order chi connectivity index (χ1) is 15.5. The maximum absolute atomic E-state index is 14.1. The van der Waals surface area contributed by atoms with Crippen molar-refractivity contribution in [1.29, 1.82) is 0 Å². The Hall–Kier alpha value is -2.89. The van der Waals surface area contributed by atoms with E-state index in [0.717, 1.165) is 57.9 Å². The van der Waals surface area contributed by atoms with Crippen LogP contribution < -0.4 is 0 Å². The molecule has 1 N–H and O–H groups in total. The molecule has 0 spiro atoms. The standard InChI is InChI=1S/C27H26N2O2S/c1-18-11-12-24-23(16-18)26(20-13-15-29-14-5-8-21(29)17-20)27(28-24)32(30,31)25-10-4-7-19-6-2-3-9-22(19)25/h2-4,6-7,9-13,16,21,28H,5,8,14-15,17H2,1H3. The van der Waals surface area contributed by atoms with E-state index >= 15 is 0 Å². The normalized spacial score (nSPS) is 19.4. The van der Waals surface area contributed by atoms with Crippen molar-refractivity contribution < 1.29 is 8.42 Å². The molecule has 1 atom stereocenters. The second kappa shape index (κ2) is 7.32. The van der Waals surface area contributed by atoms with E-state index in [0.29, 0.717) is 16.0 Å². The zero-order valence-corrected chi connectivity index (χ0v) is 19.0. The Kier molecular flexibility index (Phi) is 4.52. The van der Waals surface area contributed by atoms with E-state index in [9.17, 15) is 8.42 Å². The van der Waals surface area contributed by atoms with Gasteiger partial charge in [0.2, 0.25) is 9.84 Å². The summed E-state index contributed by atoms with van der Waals surface area (Å²) in [4.78, 5) is 6.19. The van der Waals surface area contributed by atoms with E-state index in [1.807, 2.05) is 48.5 Å². The van der Waals surface area contributed by atoms with E-state index in [-0.39, 0.29) is 0 Å². The molecule has 0 radical (unpaired) electrons. The Balaban J connectivity index is 1.60. The Labute approximate surface area is 188 Å². The fraction of sp³-hybridized carbons (Fsp3) is 0.259. The Morgan fingerprint density at radius 3 is 2.75 bits per heavy atom. The van der Waals surface area contributed by atoms with Crippen LogP contribution in [0.5, 0.6) is 0 Å². The summed E-state index contributed by atoms with van der Waals surface area (Å²) in [6.45, 7) is 4.10. The molecule has 2 aliphatic heterocycles. The third-order valence-electron chi connectivity index (χ3n) is 7.08. The molecule has 2 aliphatic rings. The fourth-order valence-electron chi connectivity index (χ4n) is 5.48. The number of aryl methyl sites for hydroxylation is 1. The summed E-state index contributed by atoms with van der Waals surface area (Å²) >= 11 is 0. The number of H-pyrrole nitrogens is 1. The van der Waals surface area contributed by atoms with Crippen LogP contribution in [0.2, 0.25) is 0 Å². The number of nitrogens with one attached hydrogen (secondary N) is 1. The summed E-state index contributed by atoms with van der Waals surface area (Å²) in [7, 11) is -3.75. The molecule has 0 saturated carbocycles. The molecular weight excluding hydrogens is 416 g/mol. The first kappa shape index (κ1) is 19.8. The van der Waals surface area contributed by atoms with Gasteiger partial charge in [0.15, 0.2) is 0 Å². The number of hydrogen-bond donors (Lipinski definition) is 1. The lowest BCUT2D eigenvalue weighted by Gasteiger charge is -2.29. The van der Waals surface area contributed by atoms with Gasteiger partial charge in [0.05, 0.1) is 4.90 Å². The number of aromatic nitrogens is 1. The molecule has 3 heterocycles. The van der Waals surface area contributed by atoms with E-state index in [1.165, 1.54) is 12.8 Å². The van der Waals surface area contributed by atoms with Crippen molar-refractivity contribution in [3.05, 3.63) is 77.9 Å². The highest BCUT2D eigenvalue weighted by Crippen LogP contribution is 2.41. The van der Waals surface area contributed by atoms with E-state index in [2.05, 4.69) is 29.0 Å². The molecule has 0 amide bonds. The van der Waals surface area contributed by atoms with E-state index in [4.69, 9.17) is 0 Å². The molecule has 3 aromatic carbocycles. The van der Waals surface area contributed by atoms with Gasteiger partial charge in [0.1, 0.15) is 5.03 Å². The first-order valence-electron chi connectivity index (χ1n) is 11.3. The second-order valence-corrected chi connectivity index (χ2v) is 10.9. The number of aromatic amines is 1. The molecule has 4 nitrogen and oxygen atoms in total.